The van der Waals surface area contributed by atoms with Crippen molar-refractivity contribution in [2.24, 2.45) is 0 Å². The van der Waals surface area contributed by atoms with Gasteiger partial charge in [0.25, 0.3) is 0 Å². The first kappa shape index (κ1) is 20.3. The number of carbonyl (C=O) groups is 2. The van der Waals surface area contributed by atoms with Crippen molar-refractivity contribution in [2.75, 3.05) is 0 Å². The Morgan fingerprint density at radius 2 is 1.10 bits per heavy atom. The van der Waals surface area contributed by atoms with Crippen molar-refractivity contribution in [3.8, 4) is 0 Å². The Kier molecular flexibility index (Phi) is 4.95. The highest BCUT2D eigenvalue weighted by Gasteiger charge is 2.26. The molecule has 0 saturated heterocycles. The smallest absolute Gasteiger partial charge is 0.150 e. The van der Waals surface area contributed by atoms with Gasteiger partial charge >= 0.3 is 0 Å². The van der Waals surface area contributed by atoms with E-state index in [-0.39, 0.29) is 0 Å². The van der Waals surface area contributed by atoms with Gasteiger partial charge in [0.2, 0.25) is 0 Å². The maximum atomic E-state index is 11.4. The van der Waals surface area contributed by atoms with Crippen molar-refractivity contribution in [1.29, 1.82) is 0 Å². The van der Waals surface area contributed by atoms with E-state index in [4.69, 9.17) is 0 Å². The zero-order valence-corrected chi connectivity index (χ0v) is 19.9. The molecule has 2 aromatic heterocycles. The van der Waals surface area contributed by atoms with E-state index in [0.29, 0.717) is 0 Å². The van der Waals surface area contributed by atoms with E-state index in [1.165, 1.54) is 52.2 Å². The van der Waals surface area contributed by atoms with Crippen LogP contribution in [0.5, 0.6) is 0 Å². The van der Waals surface area contributed by atoms with E-state index in [1.807, 2.05) is 26.0 Å². The summed E-state index contributed by atoms with van der Waals surface area (Å²) in [4.78, 5) is 25.5. The highest BCUT2D eigenvalue weighted by atomic mass is 32.1. The van der Waals surface area contributed by atoms with Gasteiger partial charge in [-0.3, -0.25) is 9.59 Å². The second-order valence-corrected chi connectivity index (χ2v) is 11.0. The lowest BCUT2D eigenvalue weighted by Crippen LogP contribution is -1.91. The zero-order chi connectivity index (χ0) is 21.9. The summed E-state index contributed by atoms with van der Waals surface area (Å²) in [5, 5.41) is 2.55. The first-order chi connectivity index (χ1) is 14.9. The first-order valence-electron chi connectivity index (χ1n) is 10.6. The van der Waals surface area contributed by atoms with Crippen molar-refractivity contribution < 1.29 is 9.59 Å². The summed E-state index contributed by atoms with van der Waals surface area (Å²) in [5.41, 5.74) is 9.29. The number of thiophene rings is 2. The number of allylic oxidation sites excluding steroid dienone is 2. The Hall–Kier alpha value is -2.56. The number of aldehydes is 2. The normalized spacial score (nSPS) is 14.2. The number of hydrogen-bond acceptors (Lipinski definition) is 4. The quantitative estimate of drug-likeness (QED) is 0.298. The molecule has 1 aliphatic carbocycles. The van der Waals surface area contributed by atoms with Crippen LogP contribution >= 0.6 is 22.7 Å². The SMILES string of the molecule is Cc1cc2c(C3=C(c4c(C)sc5cc(C=O)c(C)cc45)CCC3)c(C)sc2cc1C=O. The lowest BCUT2D eigenvalue weighted by molar-refractivity contribution is 0.111. The molecule has 31 heavy (non-hydrogen) atoms. The molecule has 0 bridgehead atoms. The number of benzene rings is 2. The highest BCUT2D eigenvalue weighted by Crippen LogP contribution is 2.49. The molecule has 0 spiro atoms. The topological polar surface area (TPSA) is 34.1 Å². The van der Waals surface area contributed by atoms with Crippen LogP contribution in [0.15, 0.2) is 24.3 Å². The van der Waals surface area contributed by atoms with E-state index in [1.54, 1.807) is 22.7 Å². The predicted molar refractivity (Wildman–Crippen MR) is 134 cm³/mol. The van der Waals surface area contributed by atoms with Crippen molar-refractivity contribution in [2.45, 2.75) is 47.0 Å². The second kappa shape index (κ2) is 7.54. The third-order valence-corrected chi connectivity index (χ3v) is 8.72. The van der Waals surface area contributed by atoms with E-state index in [9.17, 15) is 9.59 Å². The molecule has 4 heteroatoms. The lowest BCUT2D eigenvalue weighted by Gasteiger charge is -2.11. The zero-order valence-electron chi connectivity index (χ0n) is 18.2. The van der Waals surface area contributed by atoms with Crippen molar-refractivity contribution in [3.05, 3.63) is 67.4 Å². The summed E-state index contributed by atoms with van der Waals surface area (Å²) in [6, 6.07) is 8.48. The Bertz CT molecular complexity index is 1320. The van der Waals surface area contributed by atoms with E-state index < -0.39 is 0 Å². The third-order valence-electron chi connectivity index (χ3n) is 6.58. The van der Waals surface area contributed by atoms with Crippen LogP contribution in [0.1, 0.15) is 72.0 Å². The second-order valence-electron chi connectivity index (χ2n) is 8.52. The van der Waals surface area contributed by atoms with Gasteiger partial charge in [-0.1, -0.05) is 0 Å². The number of aryl methyl sites for hydroxylation is 4. The molecule has 0 N–H and O–H groups in total. The third kappa shape index (κ3) is 3.12. The van der Waals surface area contributed by atoms with Crippen LogP contribution in [-0.2, 0) is 0 Å². The lowest BCUT2D eigenvalue weighted by atomic mass is 9.92. The van der Waals surface area contributed by atoms with Gasteiger partial charge in [0, 0.05) is 41.1 Å². The monoisotopic (exact) mass is 444 g/mol. The molecule has 0 aliphatic heterocycles. The van der Waals surface area contributed by atoms with Crippen LogP contribution in [0, 0.1) is 27.7 Å². The van der Waals surface area contributed by atoms with Gasteiger partial charge in [-0.15, -0.1) is 22.7 Å². The van der Waals surface area contributed by atoms with E-state index >= 15 is 0 Å². The summed E-state index contributed by atoms with van der Waals surface area (Å²) in [6.07, 6.45) is 5.24. The molecule has 0 amide bonds. The van der Waals surface area contributed by atoms with Gasteiger partial charge in [-0.05, 0) is 105 Å². The highest BCUT2D eigenvalue weighted by molar-refractivity contribution is 7.19. The molecule has 0 unspecified atom stereocenters. The van der Waals surface area contributed by atoms with Crippen LogP contribution in [-0.4, -0.2) is 12.6 Å². The minimum atomic E-state index is 0.780. The molecule has 0 fully saturated rings. The molecule has 4 aromatic rings. The fourth-order valence-electron chi connectivity index (χ4n) is 5.08. The standard InChI is InChI=1S/C27H24O2S2/c1-14-8-22-24(10-18(14)12-28)30-16(3)26(22)20-6-5-7-21(20)27-17(4)31-25-11-19(13-29)15(2)9-23(25)27/h8-13H,5-7H2,1-4H3. The van der Waals surface area contributed by atoms with Gasteiger partial charge in [-0.25, -0.2) is 0 Å². The number of hydrogen-bond donors (Lipinski definition) is 0. The maximum Gasteiger partial charge on any atom is 0.150 e. The average Bonchev–Trinajstić information content (AvgIpc) is 3.40. The summed E-state index contributed by atoms with van der Waals surface area (Å²) >= 11 is 3.58. The van der Waals surface area contributed by atoms with Crippen molar-refractivity contribution in [1.82, 2.24) is 0 Å². The molecule has 1 aliphatic rings. The largest absolute Gasteiger partial charge is 0.298 e. The van der Waals surface area contributed by atoms with Crippen LogP contribution in [0.25, 0.3) is 31.3 Å². The summed E-state index contributed by atoms with van der Waals surface area (Å²) < 4.78 is 2.38. The molecule has 0 saturated carbocycles. The summed E-state index contributed by atoms with van der Waals surface area (Å²) in [7, 11) is 0. The van der Waals surface area contributed by atoms with Gasteiger partial charge < -0.3 is 0 Å². The predicted octanol–water partition coefficient (Wildman–Crippen LogP) is 8.07. The van der Waals surface area contributed by atoms with Crippen LogP contribution in [0.3, 0.4) is 0 Å². The molecule has 2 heterocycles. The Morgan fingerprint density at radius 1 is 0.677 bits per heavy atom. The number of rotatable bonds is 4. The van der Waals surface area contributed by atoms with E-state index in [0.717, 1.165) is 54.1 Å². The Balaban J connectivity index is 1.79. The minimum absolute atomic E-state index is 0.780. The molecule has 2 nitrogen and oxygen atoms in total. The minimum Gasteiger partial charge on any atom is -0.298 e. The molecule has 0 atom stereocenters. The number of carbonyl (C=O) groups excluding carboxylic acids is 2. The van der Waals surface area contributed by atoms with Gasteiger partial charge in [0.15, 0.2) is 0 Å². The van der Waals surface area contributed by atoms with Crippen molar-refractivity contribution >= 4 is 66.6 Å². The number of fused-ring (bicyclic) bond motifs is 2. The van der Waals surface area contributed by atoms with E-state index in [2.05, 4.69) is 26.0 Å². The molecule has 156 valence electrons. The maximum absolute atomic E-state index is 11.4. The van der Waals surface area contributed by atoms with Crippen LogP contribution in [0.2, 0.25) is 0 Å². The summed E-state index contributed by atoms with van der Waals surface area (Å²) in [6.45, 7) is 8.46. The van der Waals surface area contributed by atoms with Gasteiger partial charge in [0.05, 0.1) is 0 Å². The summed E-state index contributed by atoms with van der Waals surface area (Å²) in [5.74, 6) is 0. The molecule has 5 rings (SSSR count). The first-order valence-corrected chi connectivity index (χ1v) is 12.3. The van der Waals surface area contributed by atoms with Crippen LogP contribution < -0.4 is 0 Å². The van der Waals surface area contributed by atoms with Gasteiger partial charge in [0.1, 0.15) is 12.6 Å². The molecular weight excluding hydrogens is 420 g/mol. The Morgan fingerprint density at radius 3 is 1.48 bits per heavy atom. The van der Waals surface area contributed by atoms with Crippen LogP contribution in [0.4, 0.5) is 0 Å². The molecule has 2 aromatic carbocycles. The fraction of sp³-hybridized carbons (Fsp3) is 0.259. The molecular formula is C27H24O2S2. The Labute approximate surface area is 190 Å². The average molecular weight is 445 g/mol. The van der Waals surface area contributed by atoms with Gasteiger partial charge in [-0.2, -0.15) is 0 Å². The fourth-order valence-corrected chi connectivity index (χ4v) is 7.32. The molecule has 0 radical (unpaired) electrons. The van der Waals surface area contributed by atoms with Crippen molar-refractivity contribution in [3.63, 3.8) is 0 Å².